The third kappa shape index (κ3) is 6.03. The lowest BCUT2D eigenvalue weighted by atomic mass is 10.0. The van der Waals surface area contributed by atoms with Crippen molar-refractivity contribution < 1.29 is 24.3 Å². The number of anilines is 2. The molecule has 0 fully saturated rings. The number of carbonyl (C=O) groups excluding carboxylic acids is 2. The molecular weight excluding hydrogens is 472 g/mol. The van der Waals surface area contributed by atoms with Crippen LogP contribution in [0.25, 0.3) is 0 Å². The Bertz CT molecular complexity index is 1120. The maximum Gasteiger partial charge on any atom is 0.326 e. The lowest BCUT2D eigenvalue weighted by Crippen LogP contribution is -2.41. The Balaban J connectivity index is 1.60. The molecule has 0 radical (unpaired) electrons. The van der Waals surface area contributed by atoms with Gasteiger partial charge in [-0.3, -0.25) is 19.4 Å². The minimum atomic E-state index is -1.25. The number of fused-ring (bicyclic) bond motifs is 1. The number of nitrogens with two attached hydrogens (primary N) is 2. The van der Waals surface area contributed by atoms with Crippen molar-refractivity contribution in [2.45, 2.75) is 49.7 Å². The summed E-state index contributed by atoms with van der Waals surface area (Å²) >= 11 is 2.69. The fourth-order valence-electron chi connectivity index (χ4n) is 3.34. The van der Waals surface area contributed by atoms with E-state index in [1.807, 2.05) is 5.38 Å². The quantitative estimate of drug-likeness (QED) is 0.210. The van der Waals surface area contributed by atoms with Crippen molar-refractivity contribution in [2.75, 3.05) is 16.8 Å². The van der Waals surface area contributed by atoms with Crippen molar-refractivity contribution in [1.29, 1.82) is 0 Å². The molecule has 0 unspecified atom stereocenters. The van der Waals surface area contributed by atoms with Gasteiger partial charge in [-0.15, -0.1) is 23.1 Å². The first-order chi connectivity index (χ1) is 15.7. The summed E-state index contributed by atoms with van der Waals surface area (Å²) in [6.07, 6.45) is 1.01. The van der Waals surface area contributed by atoms with Gasteiger partial charge >= 0.3 is 11.9 Å². The predicted octanol–water partition coefficient (Wildman–Crippen LogP) is 0.621. The van der Waals surface area contributed by atoms with Crippen LogP contribution in [0.4, 0.5) is 11.6 Å². The summed E-state index contributed by atoms with van der Waals surface area (Å²) in [5.74, 6) is 3.01. The number of carboxylic acid groups (broad SMARTS) is 1. The average molecular weight is 497 g/mol. The summed E-state index contributed by atoms with van der Waals surface area (Å²) in [4.78, 5) is 58.4. The number of nitrogen functional groups attached to an aromatic ring is 1. The van der Waals surface area contributed by atoms with Crippen molar-refractivity contribution in [2.24, 2.45) is 5.90 Å². The number of aliphatic carboxylic acids is 1. The minimum absolute atomic E-state index is 0.0318. The SMILES string of the molecule is Cc1c(CC[C@@H]2CSc3nc(N)[nH]c(=O)c3N2)csc1C(=O)N[C@@H](CCC(=O)ON)C(=O)O. The molecule has 0 saturated heterocycles. The highest BCUT2D eigenvalue weighted by Crippen LogP contribution is 2.31. The molecule has 2 aromatic rings. The minimum Gasteiger partial charge on any atom is -0.480 e. The highest BCUT2D eigenvalue weighted by Gasteiger charge is 2.26. The molecule has 2 aromatic heterocycles. The number of thiophene rings is 1. The first-order valence-corrected chi connectivity index (χ1v) is 11.9. The van der Waals surface area contributed by atoms with Crippen LogP contribution in [0.2, 0.25) is 0 Å². The van der Waals surface area contributed by atoms with Gasteiger partial charge in [0.2, 0.25) is 5.95 Å². The highest BCUT2D eigenvalue weighted by molar-refractivity contribution is 7.99. The van der Waals surface area contributed by atoms with Crippen LogP contribution in [-0.2, 0) is 20.8 Å². The van der Waals surface area contributed by atoms with E-state index in [2.05, 4.69) is 25.4 Å². The van der Waals surface area contributed by atoms with Gasteiger partial charge in [0, 0.05) is 18.2 Å². The monoisotopic (exact) mass is 496 g/mol. The van der Waals surface area contributed by atoms with Crippen molar-refractivity contribution in [3.63, 3.8) is 0 Å². The number of amides is 1. The van der Waals surface area contributed by atoms with E-state index in [9.17, 15) is 24.3 Å². The summed E-state index contributed by atoms with van der Waals surface area (Å²) in [5, 5.41) is 17.4. The Kier molecular flexibility index (Phi) is 7.94. The second kappa shape index (κ2) is 10.7. The first kappa shape index (κ1) is 24.5. The van der Waals surface area contributed by atoms with Gasteiger partial charge in [0.05, 0.1) is 4.88 Å². The standard InChI is InChI=1S/C19H24N6O6S2/c1-8-9(2-3-10-7-33-17-13(22-10)15(27)24-19(20)25-17)6-32-14(8)16(28)23-11(18(29)30)4-5-12(26)31-21/h6,10-11,22H,2-5,7,21H2,1H3,(H,23,28)(H,29,30)(H3,20,24,25,27)/t10-,11+/m1/s1. The Labute approximate surface area is 196 Å². The molecule has 1 aliphatic heterocycles. The molecule has 2 atom stereocenters. The second-order valence-electron chi connectivity index (χ2n) is 7.43. The Morgan fingerprint density at radius 3 is 2.88 bits per heavy atom. The van der Waals surface area contributed by atoms with Gasteiger partial charge in [0.1, 0.15) is 16.8 Å². The topological polar surface area (TPSA) is 203 Å². The summed E-state index contributed by atoms with van der Waals surface area (Å²) < 4.78 is 0. The van der Waals surface area contributed by atoms with Crippen molar-refractivity contribution in [3.8, 4) is 0 Å². The van der Waals surface area contributed by atoms with E-state index in [1.54, 1.807) is 6.92 Å². The zero-order valence-corrected chi connectivity index (χ0v) is 19.3. The number of nitrogens with one attached hydrogen (secondary N) is 3. The van der Waals surface area contributed by atoms with Crippen molar-refractivity contribution in [1.82, 2.24) is 15.3 Å². The van der Waals surface area contributed by atoms with Gasteiger partial charge in [0.15, 0.2) is 0 Å². The number of hydrogen-bond acceptors (Lipinski definition) is 11. The smallest absolute Gasteiger partial charge is 0.326 e. The number of rotatable bonds is 9. The van der Waals surface area contributed by atoms with Gasteiger partial charge in [0.25, 0.3) is 11.5 Å². The molecule has 3 rings (SSSR count). The number of hydrogen-bond donors (Lipinski definition) is 6. The number of carboxylic acids is 1. The summed E-state index contributed by atoms with van der Waals surface area (Å²) in [5.41, 5.74) is 7.40. The zero-order chi connectivity index (χ0) is 24.1. The maximum atomic E-state index is 12.6. The molecule has 0 saturated carbocycles. The van der Waals surface area contributed by atoms with E-state index >= 15 is 0 Å². The second-order valence-corrected chi connectivity index (χ2v) is 9.32. The number of nitrogens with zero attached hydrogens (tertiary/aromatic N) is 1. The molecule has 33 heavy (non-hydrogen) atoms. The van der Waals surface area contributed by atoms with Crippen LogP contribution < -0.4 is 27.8 Å². The van der Waals surface area contributed by atoms with Gasteiger partial charge < -0.3 is 26.3 Å². The molecule has 0 spiro atoms. The van der Waals surface area contributed by atoms with Crippen LogP contribution in [-0.4, -0.2) is 50.8 Å². The molecule has 0 aromatic carbocycles. The van der Waals surface area contributed by atoms with E-state index in [4.69, 9.17) is 11.6 Å². The maximum absolute atomic E-state index is 12.6. The van der Waals surface area contributed by atoms with Crippen LogP contribution in [0, 0.1) is 6.92 Å². The summed E-state index contributed by atoms with van der Waals surface area (Å²) in [6.45, 7) is 1.80. The lowest BCUT2D eigenvalue weighted by Gasteiger charge is -2.25. The van der Waals surface area contributed by atoms with E-state index in [0.29, 0.717) is 34.2 Å². The highest BCUT2D eigenvalue weighted by atomic mass is 32.2. The Hall–Kier alpha value is -3.10. The van der Waals surface area contributed by atoms with Crippen LogP contribution in [0.5, 0.6) is 0 Å². The molecule has 1 aliphatic rings. The molecule has 0 bridgehead atoms. The van der Waals surface area contributed by atoms with E-state index in [1.165, 1.54) is 23.1 Å². The first-order valence-electron chi connectivity index (χ1n) is 9.98. The number of H-pyrrole nitrogens is 1. The summed E-state index contributed by atoms with van der Waals surface area (Å²) in [7, 11) is 0. The Morgan fingerprint density at radius 1 is 1.42 bits per heavy atom. The van der Waals surface area contributed by atoms with Gasteiger partial charge in [-0.05, 0) is 42.7 Å². The van der Waals surface area contributed by atoms with E-state index in [0.717, 1.165) is 11.1 Å². The third-order valence-corrected chi connectivity index (χ3v) is 7.42. The van der Waals surface area contributed by atoms with Gasteiger partial charge in [-0.1, -0.05) is 0 Å². The van der Waals surface area contributed by atoms with Crippen LogP contribution in [0.15, 0.2) is 15.2 Å². The van der Waals surface area contributed by atoms with Gasteiger partial charge in [-0.2, -0.15) is 5.90 Å². The number of aromatic amines is 1. The van der Waals surface area contributed by atoms with E-state index in [-0.39, 0.29) is 30.4 Å². The number of carbonyl (C=O) groups is 3. The van der Waals surface area contributed by atoms with Crippen molar-refractivity contribution >= 4 is 52.6 Å². The van der Waals surface area contributed by atoms with Crippen molar-refractivity contribution in [3.05, 3.63) is 31.7 Å². The molecule has 0 aliphatic carbocycles. The summed E-state index contributed by atoms with van der Waals surface area (Å²) in [6, 6.07) is -1.21. The van der Waals surface area contributed by atoms with Crippen LogP contribution in [0.3, 0.4) is 0 Å². The third-order valence-electron chi connectivity index (χ3n) is 5.16. The van der Waals surface area contributed by atoms with E-state index < -0.39 is 23.9 Å². The predicted molar refractivity (Wildman–Crippen MR) is 123 cm³/mol. The normalized spacial score (nSPS) is 15.8. The average Bonchev–Trinajstić information content (AvgIpc) is 3.15. The fraction of sp³-hybridized carbons (Fsp3) is 0.421. The van der Waals surface area contributed by atoms with Crippen LogP contribution >= 0.6 is 23.1 Å². The molecular formula is C19H24N6O6S2. The molecule has 178 valence electrons. The van der Waals surface area contributed by atoms with Crippen LogP contribution in [0.1, 0.15) is 40.1 Å². The molecule has 12 nitrogen and oxygen atoms in total. The largest absolute Gasteiger partial charge is 0.480 e. The lowest BCUT2D eigenvalue weighted by molar-refractivity contribution is -0.145. The molecule has 3 heterocycles. The number of aromatic nitrogens is 2. The van der Waals surface area contributed by atoms with Gasteiger partial charge in [-0.25, -0.2) is 9.78 Å². The molecule has 8 N–H and O–H groups in total. The Morgan fingerprint density at radius 2 is 2.18 bits per heavy atom. The molecule has 1 amide bonds. The number of aryl methyl sites for hydroxylation is 1. The number of thioether (sulfide) groups is 1. The fourth-order valence-corrected chi connectivity index (χ4v) is 5.43. The molecule has 14 heteroatoms. The zero-order valence-electron chi connectivity index (χ0n) is 17.7.